The highest BCUT2D eigenvalue weighted by atomic mass is 35.5. The van der Waals surface area contributed by atoms with E-state index in [9.17, 15) is 13.6 Å². The summed E-state index contributed by atoms with van der Waals surface area (Å²) < 4.78 is 26.0. The molecular formula is C13H11ClF2N2O. The Balaban J connectivity index is 0.00000180. The van der Waals surface area contributed by atoms with E-state index in [1.54, 1.807) is 0 Å². The summed E-state index contributed by atoms with van der Waals surface area (Å²) in [5.41, 5.74) is 11.0. The summed E-state index contributed by atoms with van der Waals surface area (Å²) in [5, 5.41) is 0. The van der Waals surface area contributed by atoms with E-state index in [1.807, 2.05) is 0 Å². The molecule has 0 amide bonds. The van der Waals surface area contributed by atoms with Crippen LogP contribution in [0.15, 0.2) is 36.4 Å². The minimum absolute atomic E-state index is 0. The van der Waals surface area contributed by atoms with E-state index in [2.05, 4.69) is 0 Å². The maximum atomic E-state index is 13.0. The van der Waals surface area contributed by atoms with Crippen LogP contribution >= 0.6 is 12.4 Å². The van der Waals surface area contributed by atoms with Gasteiger partial charge in [0, 0.05) is 11.1 Å². The predicted molar refractivity (Wildman–Crippen MR) is 72.3 cm³/mol. The van der Waals surface area contributed by atoms with Gasteiger partial charge < -0.3 is 11.5 Å². The lowest BCUT2D eigenvalue weighted by atomic mass is 10.0. The quantitative estimate of drug-likeness (QED) is 0.658. The maximum absolute atomic E-state index is 13.0. The monoisotopic (exact) mass is 284 g/mol. The second-order valence-corrected chi connectivity index (χ2v) is 3.80. The normalized spacial score (nSPS) is 9.79. The van der Waals surface area contributed by atoms with Gasteiger partial charge in [0.1, 0.15) is 11.6 Å². The third kappa shape index (κ3) is 3.00. The molecule has 2 aromatic rings. The van der Waals surface area contributed by atoms with Crippen molar-refractivity contribution in [1.82, 2.24) is 0 Å². The minimum Gasteiger partial charge on any atom is -0.396 e. The first-order valence-corrected chi connectivity index (χ1v) is 5.14. The molecule has 0 spiro atoms. The first-order chi connectivity index (χ1) is 8.49. The molecule has 0 saturated carbocycles. The van der Waals surface area contributed by atoms with E-state index >= 15 is 0 Å². The molecule has 0 heterocycles. The van der Waals surface area contributed by atoms with Crippen LogP contribution in [0.4, 0.5) is 20.2 Å². The predicted octanol–water partition coefficient (Wildman–Crippen LogP) is 2.78. The summed E-state index contributed by atoms with van der Waals surface area (Å²) >= 11 is 0. The molecule has 19 heavy (non-hydrogen) atoms. The summed E-state index contributed by atoms with van der Waals surface area (Å²) in [6, 6.07) is 7.31. The van der Waals surface area contributed by atoms with Gasteiger partial charge in [0.25, 0.3) is 0 Å². The van der Waals surface area contributed by atoms with Gasteiger partial charge in [-0.25, -0.2) is 8.78 Å². The Morgan fingerprint density at radius 2 is 1.21 bits per heavy atom. The molecule has 0 saturated heterocycles. The molecule has 0 fully saturated rings. The van der Waals surface area contributed by atoms with Crippen LogP contribution in [-0.4, -0.2) is 5.78 Å². The Labute approximate surface area is 114 Å². The van der Waals surface area contributed by atoms with Gasteiger partial charge in [0.15, 0.2) is 5.78 Å². The molecule has 0 aliphatic heterocycles. The van der Waals surface area contributed by atoms with Crippen molar-refractivity contribution >= 4 is 29.6 Å². The molecule has 0 unspecified atom stereocenters. The SMILES string of the molecule is Cl.Nc1cc(C(=O)c2ccc(F)c(N)c2)ccc1F. The number of hydrogen-bond acceptors (Lipinski definition) is 3. The van der Waals surface area contributed by atoms with Gasteiger partial charge in [-0.3, -0.25) is 4.79 Å². The zero-order valence-electron chi connectivity index (χ0n) is 9.69. The van der Waals surface area contributed by atoms with E-state index in [-0.39, 0.29) is 34.9 Å². The minimum atomic E-state index is -0.592. The molecule has 0 atom stereocenters. The van der Waals surface area contributed by atoms with Crippen molar-refractivity contribution in [3.63, 3.8) is 0 Å². The van der Waals surface area contributed by atoms with Crippen LogP contribution in [0.2, 0.25) is 0 Å². The fourth-order valence-electron chi connectivity index (χ4n) is 1.54. The molecular weight excluding hydrogens is 274 g/mol. The van der Waals surface area contributed by atoms with E-state index in [0.29, 0.717) is 0 Å². The van der Waals surface area contributed by atoms with Gasteiger partial charge >= 0.3 is 0 Å². The lowest BCUT2D eigenvalue weighted by Crippen LogP contribution is -2.04. The average Bonchev–Trinajstić information content (AvgIpc) is 2.35. The Bertz CT molecular complexity index is 579. The van der Waals surface area contributed by atoms with E-state index in [1.165, 1.54) is 24.3 Å². The lowest BCUT2D eigenvalue weighted by Gasteiger charge is -2.04. The van der Waals surface area contributed by atoms with Crippen LogP contribution in [0.3, 0.4) is 0 Å². The highest BCUT2D eigenvalue weighted by molar-refractivity contribution is 6.09. The highest BCUT2D eigenvalue weighted by Crippen LogP contribution is 2.18. The fourth-order valence-corrected chi connectivity index (χ4v) is 1.54. The smallest absolute Gasteiger partial charge is 0.193 e. The van der Waals surface area contributed by atoms with Gasteiger partial charge in [-0.05, 0) is 36.4 Å². The summed E-state index contributed by atoms with van der Waals surface area (Å²) in [5.74, 6) is -1.58. The van der Waals surface area contributed by atoms with Crippen molar-refractivity contribution in [2.75, 3.05) is 11.5 Å². The van der Waals surface area contributed by atoms with Crippen LogP contribution in [0.5, 0.6) is 0 Å². The Morgan fingerprint density at radius 3 is 1.53 bits per heavy atom. The summed E-state index contributed by atoms with van der Waals surface area (Å²) in [6.45, 7) is 0. The van der Waals surface area contributed by atoms with Crippen molar-refractivity contribution in [2.24, 2.45) is 0 Å². The van der Waals surface area contributed by atoms with Crippen LogP contribution in [0.1, 0.15) is 15.9 Å². The number of benzene rings is 2. The Kier molecular flexibility index (Phi) is 4.45. The zero-order valence-corrected chi connectivity index (χ0v) is 10.5. The average molecular weight is 285 g/mol. The number of carbonyl (C=O) groups excluding carboxylic acids is 1. The second kappa shape index (κ2) is 5.67. The van der Waals surface area contributed by atoms with Crippen molar-refractivity contribution in [3.8, 4) is 0 Å². The molecule has 2 aromatic carbocycles. The van der Waals surface area contributed by atoms with Crippen LogP contribution in [-0.2, 0) is 0 Å². The summed E-state index contributed by atoms with van der Waals surface area (Å²) in [4.78, 5) is 12.0. The van der Waals surface area contributed by atoms with Crippen molar-refractivity contribution in [2.45, 2.75) is 0 Å². The first-order valence-electron chi connectivity index (χ1n) is 5.14. The number of nitrogens with two attached hydrogens (primary N) is 2. The molecule has 0 aliphatic carbocycles. The van der Waals surface area contributed by atoms with Crippen molar-refractivity contribution in [3.05, 3.63) is 59.2 Å². The van der Waals surface area contributed by atoms with E-state index in [4.69, 9.17) is 11.5 Å². The third-order valence-corrected chi connectivity index (χ3v) is 2.52. The Hall–Kier alpha value is -2.14. The standard InChI is InChI=1S/C13H10F2N2O.ClH/c14-9-3-1-7(5-11(9)16)13(18)8-2-4-10(15)12(17)6-8;/h1-6H,16-17H2;1H. The van der Waals surface area contributed by atoms with Gasteiger partial charge in [-0.1, -0.05) is 0 Å². The van der Waals surface area contributed by atoms with E-state index in [0.717, 1.165) is 12.1 Å². The van der Waals surface area contributed by atoms with Crippen molar-refractivity contribution in [1.29, 1.82) is 0 Å². The molecule has 100 valence electrons. The van der Waals surface area contributed by atoms with Gasteiger partial charge in [-0.15, -0.1) is 12.4 Å². The maximum Gasteiger partial charge on any atom is 0.193 e. The molecule has 3 nitrogen and oxygen atoms in total. The number of rotatable bonds is 2. The molecule has 0 aromatic heterocycles. The number of nitrogen functional groups attached to an aromatic ring is 2. The number of hydrogen-bond donors (Lipinski definition) is 2. The first kappa shape index (κ1) is 14.9. The summed E-state index contributed by atoms with van der Waals surface area (Å²) in [6.07, 6.45) is 0. The molecule has 4 N–H and O–H groups in total. The third-order valence-electron chi connectivity index (χ3n) is 2.52. The molecule has 0 aliphatic rings. The Morgan fingerprint density at radius 1 is 0.842 bits per heavy atom. The van der Waals surface area contributed by atoms with Crippen LogP contribution in [0.25, 0.3) is 0 Å². The molecule has 2 rings (SSSR count). The number of halogens is 3. The topological polar surface area (TPSA) is 69.1 Å². The van der Waals surface area contributed by atoms with Gasteiger partial charge in [0.05, 0.1) is 11.4 Å². The van der Waals surface area contributed by atoms with Crippen LogP contribution < -0.4 is 11.5 Å². The number of carbonyl (C=O) groups is 1. The number of anilines is 2. The van der Waals surface area contributed by atoms with Crippen molar-refractivity contribution < 1.29 is 13.6 Å². The fraction of sp³-hybridized carbons (Fsp3) is 0. The summed E-state index contributed by atoms with van der Waals surface area (Å²) in [7, 11) is 0. The largest absolute Gasteiger partial charge is 0.396 e. The van der Waals surface area contributed by atoms with Crippen LogP contribution in [0, 0.1) is 11.6 Å². The van der Waals surface area contributed by atoms with Gasteiger partial charge in [-0.2, -0.15) is 0 Å². The molecule has 0 radical (unpaired) electrons. The molecule has 6 heteroatoms. The van der Waals surface area contributed by atoms with E-state index < -0.39 is 17.4 Å². The number of ketones is 1. The highest BCUT2D eigenvalue weighted by Gasteiger charge is 2.12. The zero-order chi connectivity index (χ0) is 13.3. The van der Waals surface area contributed by atoms with Gasteiger partial charge in [0.2, 0.25) is 0 Å². The lowest BCUT2D eigenvalue weighted by molar-refractivity contribution is 0.103. The molecule has 0 bridgehead atoms. The second-order valence-electron chi connectivity index (χ2n) is 3.80.